The Morgan fingerprint density at radius 1 is 1.53 bits per heavy atom. The van der Waals surface area contributed by atoms with Crippen molar-refractivity contribution in [1.82, 2.24) is 5.32 Å². The van der Waals surface area contributed by atoms with Crippen LogP contribution in [0.15, 0.2) is 18.2 Å². The van der Waals surface area contributed by atoms with E-state index in [1.807, 2.05) is 0 Å². The first-order valence-corrected chi connectivity index (χ1v) is 6.70. The third-order valence-corrected chi connectivity index (χ3v) is 3.91. The van der Waals surface area contributed by atoms with E-state index in [0.29, 0.717) is 23.3 Å². The van der Waals surface area contributed by atoms with Crippen molar-refractivity contribution in [2.75, 3.05) is 5.75 Å². The first-order valence-electron chi connectivity index (χ1n) is 5.71. The molecule has 0 spiro atoms. The summed E-state index contributed by atoms with van der Waals surface area (Å²) in [6.45, 7) is 1.57. The quantitative estimate of drug-likeness (QED) is 0.672. The number of aryl methyl sites for hydroxylation is 1. The number of nitro benzene ring substituents is 1. The average Bonchev–Trinajstić information content (AvgIpc) is 2.74. The molecule has 1 aromatic rings. The lowest BCUT2D eigenvalue weighted by Crippen LogP contribution is -2.37. The molecule has 1 heterocycles. The fourth-order valence-electron chi connectivity index (χ4n) is 1.87. The van der Waals surface area contributed by atoms with Gasteiger partial charge in [-0.25, -0.2) is 0 Å². The van der Waals surface area contributed by atoms with Gasteiger partial charge in [0.2, 0.25) is 5.12 Å². The largest absolute Gasteiger partial charge is 0.341 e. The molecule has 0 radical (unpaired) electrons. The van der Waals surface area contributed by atoms with Gasteiger partial charge in [0.15, 0.2) is 0 Å². The number of carbonyl (C=O) groups excluding carboxylic acids is 2. The van der Waals surface area contributed by atoms with Gasteiger partial charge in [0.25, 0.3) is 11.6 Å². The van der Waals surface area contributed by atoms with Gasteiger partial charge in [-0.05, 0) is 25.5 Å². The lowest BCUT2D eigenvalue weighted by atomic mass is 10.1. The molecule has 1 atom stereocenters. The molecule has 1 N–H and O–H groups in total. The summed E-state index contributed by atoms with van der Waals surface area (Å²) in [5, 5.41) is 13.3. The minimum absolute atomic E-state index is 0.0240. The topological polar surface area (TPSA) is 89.3 Å². The Hall–Kier alpha value is -1.89. The van der Waals surface area contributed by atoms with Gasteiger partial charge < -0.3 is 5.32 Å². The SMILES string of the molecule is Cc1cc(C(=O)N[C@H]2CCSC2=O)ccc1[N+](=O)[O-]. The Bertz CT molecular complexity index is 559. The molecule has 100 valence electrons. The maximum Gasteiger partial charge on any atom is 0.272 e. The zero-order chi connectivity index (χ0) is 14.0. The predicted octanol–water partition coefficient (Wildman–Crippen LogP) is 1.67. The summed E-state index contributed by atoms with van der Waals surface area (Å²) in [6.07, 6.45) is 0.626. The van der Waals surface area contributed by atoms with Crippen molar-refractivity contribution < 1.29 is 14.5 Å². The van der Waals surface area contributed by atoms with Crippen LogP contribution in [0.4, 0.5) is 5.69 Å². The summed E-state index contributed by atoms with van der Waals surface area (Å²) < 4.78 is 0. The molecule has 1 saturated heterocycles. The van der Waals surface area contributed by atoms with Gasteiger partial charge in [0, 0.05) is 22.9 Å². The van der Waals surface area contributed by atoms with Gasteiger partial charge in [-0.3, -0.25) is 19.7 Å². The van der Waals surface area contributed by atoms with Crippen molar-refractivity contribution in [3.05, 3.63) is 39.4 Å². The highest BCUT2D eigenvalue weighted by molar-refractivity contribution is 8.14. The van der Waals surface area contributed by atoms with Gasteiger partial charge in [0.1, 0.15) is 0 Å². The number of hydrogen-bond donors (Lipinski definition) is 1. The lowest BCUT2D eigenvalue weighted by Gasteiger charge is -2.10. The molecule has 0 bridgehead atoms. The predicted molar refractivity (Wildman–Crippen MR) is 71.2 cm³/mol. The number of thioether (sulfide) groups is 1. The molecule has 1 fully saturated rings. The summed E-state index contributed by atoms with van der Waals surface area (Å²) in [5.74, 6) is 0.335. The molecule has 7 heteroatoms. The molecule has 1 amide bonds. The van der Waals surface area contributed by atoms with Crippen molar-refractivity contribution in [2.45, 2.75) is 19.4 Å². The van der Waals surface area contributed by atoms with E-state index in [9.17, 15) is 19.7 Å². The Balaban J connectivity index is 2.13. The number of rotatable bonds is 3. The highest BCUT2D eigenvalue weighted by atomic mass is 32.2. The van der Waals surface area contributed by atoms with Crippen LogP contribution < -0.4 is 5.32 Å². The zero-order valence-corrected chi connectivity index (χ0v) is 11.0. The Morgan fingerprint density at radius 3 is 2.79 bits per heavy atom. The molecule has 2 rings (SSSR count). The second kappa shape index (κ2) is 5.40. The summed E-state index contributed by atoms with van der Waals surface area (Å²) >= 11 is 1.21. The fourth-order valence-corrected chi connectivity index (χ4v) is 2.80. The minimum Gasteiger partial charge on any atom is -0.341 e. The maximum absolute atomic E-state index is 11.9. The Kier molecular flexibility index (Phi) is 3.84. The summed E-state index contributed by atoms with van der Waals surface area (Å²) in [7, 11) is 0. The highest BCUT2D eigenvalue weighted by Gasteiger charge is 2.27. The Morgan fingerprint density at radius 2 is 2.26 bits per heavy atom. The van der Waals surface area contributed by atoms with Crippen molar-refractivity contribution in [3.8, 4) is 0 Å². The molecule has 1 aliphatic heterocycles. The second-order valence-electron chi connectivity index (χ2n) is 4.24. The third-order valence-electron chi connectivity index (χ3n) is 2.90. The van der Waals surface area contributed by atoms with Crippen molar-refractivity contribution in [3.63, 3.8) is 0 Å². The van der Waals surface area contributed by atoms with E-state index in [1.165, 1.54) is 30.0 Å². The Labute approximate surface area is 113 Å². The van der Waals surface area contributed by atoms with Crippen molar-refractivity contribution >= 4 is 28.5 Å². The first kappa shape index (κ1) is 13.5. The number of nitrogens with zero attached hydrogens (tertiary/aromatic N) is 1. The zero-order valence-electron chi connectivity index (χ0n) is 10.2. The summed E-state index contributed by atoms with van der Waals surface area (Å²) in [5.41, 5.74) is 0.724. The highest BCUT2D eigenvalue weighted by Crippen LogP contribution is 2.21. The van der Waals surface area contributed by atoms with E-state index >= 15 is 0 Å². The number of nitrogens with one attached hydrogen (secondary N) is 1. The smallest absolute Gasteiger partial charge is 0.272 e. The second-order valence-corrected chi connectivity index (χ2v) is 5.34. The van der Waals surface area contributed by atoms with Crippen LogP contribution >= 0.6 is 11.8 Å². The van der Waals surface area contributed by atoms with Gasteiger partial charge in [0.05, 0.1) is 11.0 Å². The van der Waals surface area contributed by atoms with E-state index in [-0.39, 0.29) is 16.7 Å². The van der Waals surface area contributed by atoms with Gasteiger partial charge in [-0.2, -0.15) is 0 Å². The van der Waals surface area contributed by atoms with Gasteiger partial charge >= 0.3 is 0 Å². The van der Waals surface area contributed by atoms with Crippen LogP contribution in [0.3, 0.4) is 0 Å². The lowest BCUT2D eigenvalue weighted by molar-refractivity contribution is -0.385. The van der Waals surface area contributed by atoms with Crippen LogP contribution in [-0.2, 0) is 4.79 Å². The molecule has 1 aliphatic rings. The third kappa shape index (κ3) is 2.93. The number of amides is 1. The molecule has 0 aromatic heterocycles. The number of benzene rings is 1. The molecule has 0 aliphatic carbocycles. The standard InChI is InChI=1S/C12H12N2O4S/c1-7-6-8(2-3-10(7)14(17)18)11(15)13-9-4-5-19-12(9)16/h2-3,6,9H,4-5H2,1H3,(H,13,15)/t9-/m0/s1. The fraction of sp³-hybridized carbons (Fsp3) is 0.333. The summed E-state index contributed by atoms with van der Waals surface area (Å²) in [4.78, 5) is 33.5. The molecule has 0 unspecified atom stereocenters. The number of nitro groups is 1. The first-order chi connectivity index (χ1) is 8.99. The van der Waals surface area contributed by atoms with E-state index in [4.69, 9.17) is 0 Å². The van der Waals surface area contributed by atoms with Crippen LogP contribution in [0.2, 0.25) is 0 Å². The monoisotopic (exact) mass is 280 g/mol. The minimum atomic E-state index is -0.492. The van der Waals surface area contributed by atoms with E-state index < -0.39 is 11.0 Å². The molecule has 19 heavy (non-hydrogen) atoms. The van der Waals surface area contributed by atoms with E-state index in [0.717, 1.165) is 0 Å². The van der Waals surface area contributed by atoms with Crippen LogP contribution in [0.1, 0.15) is 22.3 Å². The van der Waals surface area contributed by atoms with Crippen molar-refractivity contribution in [1.29, 1.82) is 0 Å². The maximum atomic E-state index is 11.9. The molecule has 1 aromatic carbocycles. The van der Waals surface area contributed by atoms with Gasteiger partial charge in [-0.15, -0.1) is 0 Å². The molecular formula is C12H12N2O4S. The van der Waals surface area contributed by atoms with E-state index in [1.54, 1.807) is 6.92 Å². The molecular weight excluding hydrogens is 268 g/mol. The molecule has 6 nitrogen and oxygen atoms in total. The number of hydrogen-bond acceptors (Lipinski definition) is 5. The average molecular weight is 280 g/mol. The van der Waals surface area contributed by atoms with Gasteiger partial charge in [-0.1, -0.05) is 11.8 Å². The van der Waals surface area contributed by atoms with Crippen LogP contribution in [-0.4, -0.2) is 27.7 Å². The van der Waals surface area contributed by atoms with Crippen LogP contribution in [0, 0.1) is 17.0 Å². The van der Waals surface area contributed by atoms with Crippen LogP contribution in [0.25, 0.3) is 0 Å². The normalized spacial score (nSPS) is 18.4. The summed E-state index contributed by atoms with van der Waals surface area (Å²) in [6, 6.07) is 3.70. The molecule has 0 saturated carbocycles. The van der Waals surface area contributed by atoms with Crippen molar-refractivity contribution in [2.24, 2.45) is 0 Å². The van der Waals surface area contributed by atoms with E-state index in [2.05, 4.69) is 5.32 Å². The number of carbonyl (C=O) groups is 2. The van der Waals surface area contributed by atoms with Crippen LogP contribution in [0.5, 0.6) is 0 Å².